The summed E-state index contributed by atoms with van der Waals surface area (Å²) >= 11 is 0. The summed E-state index contributed by atoms with van der Waals surface area (Å²) in [4.78, 5) is 121. The Morgan fingerprint density at radius 1 is 0.372 bits per heavy atom. The zero-order valence-electron chi connectivity index (χ0n) is 64.3. The van der Waals surface area contributed by atoms with Gasteiger partial charge < -0.3 is 19.3 Å². The summed E-state index contributed by atoms with van der Waals surface area (Å²) in [5.41, 5.74) is 8.29. The normalized spacial score (nSPS) is 12.0. The predicted molar refractivity (Wildman–Crippen MR) is 443 cm³/mol. The third-order valence-electron chi connectivity index (χ3n) is 19.0. The van der Waals surface area contributed by atoms with Crippen LogP contribution in [0.2, 0.25) is 0 Å². The first-order valence-electron chi connectivity index (χ1n) is 37.5. The van der Waals surface area contributed by atoms with Crippen molar-refractivity contribution >= 4 is 58.0 Å². The highest BCUT2D eigenvalue weighted by Crippen LogP contribution is 2.33. The molecular weight excluding hydrogens is 1410 g/mol. The van der Waals surface area contributed by atoms with Crippen LogP contribution in [0, 0.1) is 5.92 Å². The van der Waals surface area contributed by atoms with E-state index < -0.39 is 28.9 Å². The van der Waals surface area contributed by atoms with E-state index in [2.05, 4.69) is 18.6 Å². The number of carbonyl (C=O) groups is 10. The predicted octanol–water partition coefficient (Wildman–Crippen LogP) is 20.5. The minimum atomic E-state index is -1.40. The highest BCUT2D eigenvalue weighted by Gasteiger charge is 2.42. The van der Waals surface area contributed by atoms with Crippen LogP contribution in [-0.4, -0.2) is 90.1 Å². The number of hydrogen-bond acceptors (Lipinski definition) is 14. The number of esters is 1. The van der Waals surface area contributed by atoms with Crippen molar-refractivity contribution in [1.82, 2.24) is 0 Å². The molecule has 574 valence electrons. The van der Waals surface area contributed by atoms with E-state index in [0.29, 0.717) is 74.0 Å². The second-order valence-corrected chi connectivity index (χ2v) is 26.2. The number of ketones is 9. The van der Waals surface area contributed by atoms with Crippen LogP contribution in [0.1, 0.15) is 204 Å². The molecule has 2 aliphatic rings. The first-order valence-corrected chi connectivity index (χ1v) is 37.5. The number of hydrogen-bond donors (Lipinski definition) is 1. The Labute approximate surface area is 662 Å². The van der Waals surface area contributed by atoms with E-state index in [-0.39, 0.29) is 53.4 Å². The standard InChI is InChI=1S/C16H16O3.C16H12O2.C15H12O3.C14H10O2.C13H16O2.C13H10O.C12H16O.H2/c1-18-16(19-2,14-11-7-4-8-12-14)15(17)13-9-5-3-6-10-13;1-2-10-7-8-13-14(9-10)16(18)12-6-4-3-5-11(12)15(13)17;1-18-15(17)13-10-6-5-9-12(13)14(16)11-7-3-2-4-8-11;15-13(11-7-3-1-4-8-11)14(16)12-9-5-2-6-10-12;14-12(11-7-3-1-4-8-11)13(15)9-5-2-6-10-13;14-13(11-7-3-1-4-8-11)12-9-5-2-6-10-12;1-3-10(4-2)12(13)11-8-6-5-7-9-11;/h3-12H,1-2H3;3-9H,2H2,1H3;2-10H,1H3;1-10H;1,3-4,7-8,15H,2,5-6,9-10H2;1-10H;5-10H,3-4H2,1-2H3;1H. The molecule has 2 aliphatic carbocycles. The average molecular weight is 1510 g/mol. The van der Waals surface area contributed by atoms with Gasteiger partial charge in [-0.1, -0.05) is 368 Å². The summed E-state index contributed by atoms with van der Waals surface area (Å²) in [5.74, 6) is -2.89. The fourth-order valence-corrected chi connectivity index (χ4v) is 12.7. The lowest BCUT2D eigenvalue weighted by atomic mass is 9.79. The van der Waals surface area contributed by atoms with Crippen LogP contribution in [0.25, 0.3) is 0 Å². The Bertz CT molecular complexity index is 5000. The Hall–Kier alpha value is -13.0. The molecule has 0 saturated heterocycles. The van der Waals surface area contributed by atoms with Gasteiger partial charge in [0.05, 0.1) is 12.7 Å². The summed E-state index contributed by atoms with van der Waals surface area (Å²) in [6, 6.07) is 101. The molecule has 0 amide bonds. The lowest BCUT2D eigenvalue weighted by molar-refractivity contribution is -0.176. The van der Waals surface area contributed by atoms with E-state index in [4.69, 9.17) is 9.47 Å². The van der Waals surface area contributed by atoms with Gasteiger partial charge in [-0.05, 0) is 49.8 Å². The van der Waals surface area contributed by atoms with Gasteiger partial charge in [-0.3, -0.25) is 43.2 Å². The van der Waals surface area contributed by atoms with Crippen molar-refractivity contribution in [1.29, 1.82) is 0 Å². The Balaban J connectivity index is 0.000000185. The molecule has 1 N–H and O–H groups in total. The molecule has 0 aromatic heterocycles. The molecule has 12 aromatic rings. The zero-order chi connectivity index (χ0) is 81.0. The third kappa shape index (κ3) is 23.3. The van der Waals surface area contributed by atoms with E-state index >= 15 is 0 Å². The topological polar surface area (TPSA) is 219 Å². The van der Waals surface area contributed by atoms with E-state index in [1.165, 1.54) is 21.3 Å². The molecule has 1 saturated carbocycles. The van der Waals surface area contributed by atoms with E-state index in [0.717, 1.165) is 60.8 Å². The maximum absolute atomic E-state index is 12.7. The molecule has 113 heavy (non-hydrogen) atoms. The summed E-state index contributed by atoms with van der Waals surface area (Å²) in [6.07, 6.45) is 6.99. The van der Waals surface area contributed by atoms with E-state index in [1.807, 2.05) is 195 Å². The Morgan fingerprint density at radius 2 is 0.708 bits per heavy atom. The van der Waals surface area contributed by atoms with Crippen LogP contribution in [0.15, 0.2) is 340 Å². The maximum Gasteiger partial charge on any atom is 0.338 e. The first-order chi connectivity index (χ1) is 54.9. The van der Waals surface area contributed by atoms with Crippen LogP contribution in [0.5, 0.6) is 0 Å². The lowest BCUT2D eigenvalue weighted by Gasteiger charge is -2.30. The second kappa shape index (κ2) is 44.0. The van der Waals surface area contributed by atoms with Gasteiger partial charge in [0.15, 0.2) is 34.7 Å². The van der Waals surface area contributed by atoms with Crippen LogP contribution < -0.4 is 0 Å². The van der Waals surface area contributed by atoms with E-state index in [1.54, 1.807) is 152 Å². The van der Waals surface area contributed by atoms with Crippen LogP contribution in [0.4, 0.5) is 0 Å². The molecule has 14 nitrogen and oxygen atoms in total. The van der Waals surface area contributed by atoms with Gasteiger partial charge in [0.25, 0.3) is 5.79 Å². The van der Waals surface area contributed by atoms with Gasteiger partial charge in [-0.25, -0.2) is 4.79 Å². The molecular formula is C99H94O14. The molecule has 14 rings (SSSR count). The minimum absolute atomic E-state index is 0. The third-order valence-corrected chi connectivity index (χ3v) is 19.0. The second-order valence-electron chi connectivity index (χ2n) is 26.2. The summed E-state index contributed by atoms with van der Waals surface area (Å²) in [6.45, 7) is 6.16. The number of methoxy groups -OCH3 is 3. The van der Waals surface area contributed by atoms with Gasteiger partial charge in [0.1, 0.15) is 5.60 Å². The van der Waals surface area contributed by atoms with Gasteiger partial charge in [-0.15, -0.1) is 0 Å². The minimum Gasteiger partial charge on any atom is -0.465 e. The van der Waals surface area contributed by atoms with Gasteiger partial charge in [-0.2, -0.15) is 0 Å². The number of ether oxygens (including phenoxy) is 3. The molecule has 0 spiro atoms. The lowest BCUT2D eigenvalue weighted by Crippen LogP contribution is -2.40. The number of carbonyl (C=O) groups excluding carboxylic acids is 10. The van der Waals surface area contributed by atoms with Crippen LogP contribution in [-0.2, 0) is 26.4 Å². The van der Waals surface area contributed by atoms with Crippen molar-refractivity contribution in [3.63, 3.8) is 0 Å². The summed E-state index contributed by atoms with van der Waals surface area (Å²) in [5, 5.41) is 10.2. The highest BCUT2D eigenvalue weighted by molar-refractivity contribution is 6.49. The number of benzene rings is 12. The fourth-order valence-electron chi connectivity index (χ4n) is 12.7. The van der Waals surface area contributed by atoms with E-state index in [9.17, 15) is 53.1 Å². The number of rotatable bonds is 20. The number of aryl methyl sites for hydroxylation is 1. The highest BCUT2D eigenvalue weighted by atomic mass is 16.7. The molecule has 1 fully saturated rings. The molecule has 0 radical (unpaired) electrons. The first kappa shape index (κ1) is 85.6. The monoisotopic (exact) mass is 1510 g/mol. The van der Waals surface area contributed by atoms with Gasteiger partial charge in [0, 0.05) is 99.5 Å². The number of fused-ring (bicyclic) bond motifs is 2. The summed E-state index contributed by atoms with van der Waals surface area (Å²) < 4.78 is 15.5. The Kier molecular flexibility index (Phi) is 33.4. The molecule has 12 aromatic carbocycles. The molecule has 14 heteroatoms. The number of Topliss-reactive ketones (excluding diaryl/α,β-unsaturated/α-hetero) is 5. The van der Waals surface area contributed by atoms with Crippen molar-refractivity contribution < 1.29 is 68.7 Å². The van der Waals surface area contributed by atoms with Gasteiger partial charge in [0.2, 0.25) is 17.3 Å². The molecule has 0 unspecified atom stereocenters. The van der Waals surface area contributed by atoms with Crippen molar-refractivity contribution in [3.8, 4) is 0 Å². The van der Waals surface area contributed by atoms with Crippen molar-refractivity contribution in [2.45, 2.75) is 83.5 Å². The average Bonchev–Trinajstić information content (AvgIpc) is 0.773. The Morgan fingerprint density at radius 3 is 1.11 bits per heavy atom. The van der Waals surface area contributed by atoms with Crippen LogP contribution in [0.3, 0.4) is 0 Å². The summed E-state index contributed by atoms with van der Waals surface area (Å²) in [7, 11) is 4.24. The van der Waals surface area contributed by atoms with Crippen LogP contribution >= 0.6 is 0 Å². The van der Waals surface area contributed by atoms with Crippen molar-refractivity contribution in [2.75, 3.05) is 21.3 Å². The van der Waals surface area contributed by atoms with Crippen molar-refractivity contribution in [2.24, 2.45) is 5.92 Å². The zero-order valence-corrected chi connectivity index (χ0v) is 64.3. The largest absolute Gasteiger partial charge is 0.465 e. The SMILES string of the molecule is CCC(CC)C(=O)c1ccccc1.CCc1ccc2c(c1)C(=O)c1ccccc1C2=O.COC(=O)c1ccccc1C(=O)c1ccccc1.COC(OC)(C(=O)c1ccccc1)c1ccccc1.O=C(C(=O)c1ccccc1)c1ccccc1.O=C(c1ccccc1)C1(O)CCCCC1.O=C(c1ccccc1)c1ccccc1.[HH]. The number of aliphatic hydroxyl groups is 1. The fraction of sp³-hybridized carbons (Fsp3) is 0.172. The quantitative estimate of drug-likeness (QED) is 0.0325. The smallest absolute Gasteiger partial charge is 0.338 e. The maximum atomic E-state index is 12.7. The molecule has 0 heterocycles. The van der Waals surface area contributed by atoms with Gasteiger partial charge >= 0.3 is 5.97 Å². The molecule has 0 bridgehead atoms. The van der Waals surface area contributed by atoms with Crippen molar-refractivity contribution in [3.05, 3.63) is 429 Å². The molecule has 0 atom stereocenters. The molecule has 0 aliphatic heterocycles.